The molecule has 4 heteroatoms. The normalized spacial score (nSPS) is 22.7. The summed E-state index contributed by atoms with van der Waals surface area (Å²) in [6.07, 6.45) is 8.66. The van der Waals surface area contributed by atoms with Gasteiger partial charge in [-0.25, -0.2) is 4.98 Å². The summed E-state index contributed by atoms with van der Waals surface area (Å²) < 4.78 is 0. The van der Waals surface area contributed by atoms with Gasteiger partial charge in [0.1, 0.15) is 0 Å². The second-order valence-corrected chi connectivity index (χ2v) is 5.10. The molecule has 3 heterocycles. The monoisotopic (exact) mass is 242 g/mol. The molecule has 94 valence electrons. The van der Waals surface area contributed by atoms with E-state index in [4.69, 9.17) is 0 Å². The van der Waals surface area contributed by atoms with Crippen molar-refractivity contribution in [1.29, 1.82) is 0 Å². The Bertz CT molecular complexity index is 520. The van der Waals surface area contributed by atoms with E-state index in [9.17, 15) is 0 Å². The summed E-state index contributed by atoms with van der Waals surface area (Å²) in [4.78, 5) is 11.9. The largest absolute Gasteiger partial charge is 0.348 e. The molecular weight excluding hydrogens is 224 g/mol. The van der Waals surface area contributed by atoms with E-state index < -0.39 is 0 Å². The number of hydrogen-bond acceptors (Lipinski definition) is 3. The number of fused-ring (bicyclic) bond motifs is 1. The molecule has 2 aromatic heterocycles. The number of pyridine rings is 1. The maximum absolute atomic E-state index is 4.49. The lowest BCUT2D eigenvalue weighted by Gasteiger charge is -2.34. The summed E-state index contributed by atoms with van der Waals surface area (Å²) in [5.74, 6) is 0. The van der Waals surface area contributed by atoms with Crippen LogP contribution in [0.2, 0.25) is 0 Å². The first-order chi connectivity index (χ1) is 8.78. The molecule has 1 aliphatic heterocycles. The van der Waals surface area contributed by atoms with Crippen LogP contribution in [0.3, 0.4) is 0 Å². The van der Waals surface area contributed by atoms with E-state index in [1.54, 1.807) is 6.33 Å². The van der Waals surface area contributed by atoms with Crippen LogP contribution in [-0.2, 0) is 18.4 Å². The summed E-state index contributed by atoms with van der Waals surface area (Å²) in [7, 11) is 0. The Morgan fingerprint density at radius 2 is 2.39 bits per heavy atom. The van der Waals surface area contributed by atoms with Gasteiger partial charge in [-0.15, -0.1) is 0 Å². The number of aryl methyl sites for hydroxylation is 1. The van der Waals surface area contributed by atoms with Crippen molar-refractivity contribution in [2.45, 2.75) is 31.7 Å². The standard InChI is InChI=1S/C14H18N4/c1-14(6-4-11-3-2-7-15-9-11)13-12(5-8-18-14)16-10-17-13/h2-3,7,9-10,18H,4-6,8H2,1H3,(H,16,17). The molecule has 1 atom stereocenters. The molecule has 0 saturated heterocycles. The average Bonchev–Trinajstić information content (AvgIpc) is 2.88. The zero-order valence-electron chi connectivity index (χ0n) is 10.6. The highest BCUT2D eigenvalue weighted by Crippen LogP contribution is 2.29. The third-order valence-corrected chi connectivity index (χ3v) is 3.77. The number of rotatable bonds is 3. The van der Waals surface area contributed by atoms with Gasteiger partial charge in [-0.2, -0.15) is 0 Å². The van der Waals surface area contributed by atoms with E-state index in [0.29, 0.717) is 0 Å². The minimum Gasteiger partial charge on any atom is -0.348 e. The number of H-pyrrole nitrogens is 1. The number of hydrogen-bond donors (Lipinski definition) is 2. The third-order valence-electron chi connectivity index (χ3n) is 3.77. The van der Waals surface area contributed by atoms with Gasteiger partial charge in [-0.3, -0.25) is 4.98 Å². The van der Waals surface area contributed by atoms with Crippen molar-refractivity contribution in [3.63, 3.8) is 0 Å². The van der Waals surface area contributed by atoms with Crippen molar-refractivity contribution >= 4 is 0 Å². The Hall–Kier alpha value is -1.68. The molecule has 1 aliphatic rings. The molecule has 1 unspecified atom stereocenters. The Morgan fingerprint density at radius 1 is 1.44 bits per heavy atom. The van der Waals surface area contributed by atoms with E-state index in [1.807, 2.05) is 18.5 Å². The van der Waals surface area contributed by atoms with Crippen LogP contribution in [0, 0.1) is 0 Å². The number of aromatic nitrogens is 3. The Balaban J connectivity index is 1.77. The van der Waals surface area contributed by atoms with Crippen molar-refractivity contribution in [1.82, 2.24) is 20.3 Å². The van der Waals surface area contributed by atoms with Crippen molar-refractivity contribution in [3.05, 3.63) is 47.8 Å². The minimum atomic E-state index is -0.0244. The fourth-order valence-electron chi connectivity index (χ4n) is 2.68. The summed E-state index contributed by atoms with van der Waals surface area (Å²) >= 11 is 0. The summed E-state index contributed by atoms with van der Waals surface area (Å²) in [5, 5.41) is 3.61. The maximum atomic E-state index is 4.49. The molecule has 2 N–H and O–H groups in total. The highest BCUT2D eigenvalue weighted by atomic mass is 15.1. The molecule has 0 radical (unpaired) electrons. The first-order valence-electron chi connectivity index (χ1n) is 6.45. The van der Waals surface area contributed by atoms with Crippen LogP contribution in [0.15, 0.2) is 30.9 Å². The van der Waals surface area contributed by atoms with E-state index in [-0.39, 0.29) is 5.54 Å². The molecule has 0 saturated carbocycles. The van der Waals surface area contributed by atoms with E-state index in [1.165, 1.54) is 17.0 Å². The van der Waals surface area contributed by atoms with Crippen LogP contribution in [0.4, 0.5) is 0 Å². The first kappa shape index (κ1) is 11.4. The molecule has 3 rings (SSSR count). The molecule has 0 aliphatic carbocycles. The van der Waals surface area contributed by atoms with Crippen molar-refractivity contribution in [2.24, 2.45) is 0 Å². The average molecular weight is 242 g/mol. The minimum absolute atomic E-state index is 0.0244. The van der Waals surface area contributed by atoms with Gasteiger partial charge in [0.2, 0.25) is 0 Å². The molecule has 0 fully saturated rings. The number of imidazole rings is 1. The molecule has 0 spiro atoms. The summed E-state index contributed by atoms with van der Waals surface area (Å²) in [6.45, 7) is 3.25. The fourth-order valence-corrected chi connectivity index (χ4v) is 2.68. The van der Waals surface area contributed by atoms with Crippen LogP contribution in [-0.4, -0.2) is 21.5 Å². The van der Waals surface area contributed by atoms with Gasteiger partial charge in [-0.1, -0.05) is 6.07 Å². The van der Waals surface area contributed by atoms with Gasteiger partial charge >= 0.3 is 0 Å². The molecular formula is C14H18N4. The van der Waals surface area contributed by atoms with E-state index in [2.05, 4.69) is 33.3 Å². The second kappa shape index (κ2) is 4.53. The highest BCUT2D eigenvalue weighted by Gasteiger charge is 2.33. The lowest BCUT2D eigenvalue weighted by Crippen LogP contribution is -2.45. The smallest absolute Gasteiger partial charge is 0.0926 e. The maximum Gasteiger partial charge on any atom is 0.0926 e. The summed E-state index contributed by atoms with van der Waals surface area (Å²) in [6, 6.07) is 4.12. The van der Waals surface area contributed by atoms with Crippen molar-refractivity contribution in [2.75, 3.05) is 6.54 Å². The Labute approximate surface area is 107 Å². The molecule has 0 bridgehead atoms. The quantitative estimate of drug-likeness (QED) is 0.863. The number of nitrogens with one attached hydrogen (secondary N) is 2. The van der Waals surface area contributed by atoms with Crippen molar-refractivity contribution < 1.29 is 0 Å². The van der Waals surface area contributed by atoms with Gasteiger partial charge in [0.15, 0.2) is 0 Å². The lowest BCUT2D eigenvalue weighted by molar-refractivity contribution is 0.314. The molecule has 2 aromatic rings. The number of nitrogens with zero attached hydrogens (tertiary/aromatic N) is 2. The zero-order valence-corrected chi connectivity index (χ0v) is 10.6. The van der Waals surface area contributed by atoms with Crippen LogP contribution in [0.5, 0.6) is 0 Å². The predicted molar refractivity (Wildman–Crippen MR) is 70.2 cm³/mol. The Kier molecular flexibility index (Phi) is 2.88. The number of aromatic amines is 1. The lowest BCUT2D eigenvalue weighted by atomic mass is 9.86. The van der Waals surface area contributed by atoms with Gasteiger partial charge in [0.05, 0.1) is 17.6 Å². The van der Waals surface area contributed by atoms with Gasteiger partial charge < -0.3 is 10.3 Å². The van der Waals surface area contributed by atoms with E-state index >= 15 is 0 Å². The van der Waals surface area contributed by atoms with Crippen LogP contribution >= 0.6 is 0 Å². The second-order valence-electron chi connectivity index (χ2n) is 5.10. The molecule has 18 heavy (non-hydrogen) atoms. The first-order valence-corrected chi connectivity index (χ1v) is 6.45. The SMILES string of the molecule is CC1(CCc2cccnc2)NCCc2[nH]cnc21. The molecule has 0 aromatic carbocycles. The van der Waals surface area contributed by atoms with E-state index in [0.717, 1.165) is 25.8 Å². The predicted octanol–water partition coefficient (Wildman–Crippen LogP) is 1.80. The van der Waals surface area contributed by atoms with Crippen molar-refractivity contribution in [3.8, 4) is 0 Å². The third kappa shape index (κ3) is 2.04. The van der Waals surface area contributed by atoms with Gasteiger partial charge in [0, 0.05) is 31.1 Å². The topological polar surface area (TPSA) is 53.6 Å². The van der Waals surface area contributed by atoms with Crippen LogP contribution in [0.1, 0.15) is 30.3 Å². The van der Waals surface area contributed by atoms with Crippen LogP contribution < -0.4 is 5.32 Å². The zero-order chi connectivity index (χ0) is 12.4. The van der Waals surface area contributed by atoms with Gasteiger partial charge in [-0.05, 0) is 31.4 Å². The summed E-state index contributed by atoms with van der Waals surface area (Å²) in [5.41, 5.74) is 3.71. The molecule has 0 amide bonds. The molecule has 4 nitrogen and oxygen atoms in total. The van der Waals surface area contributed by atoms with Crippen LogP contribution in [0.25, 0.3) is 0 Å². The fraction of sp³-hybridized carbons (Fsp3) is 0.429. The Morgan fingerprint density at radius 3 is 3.22 bits per heavy atom. The highest BCUT2D eigenvalue weighted by molar-refractivity contribution is 5.25. The van der Waals surface area contributed by atoms with Gasteiger partial charge in [0.25, 0.3) is 0 Å².